The zero-order valence-electron chi connectivity index (χ0n) is 9.82. The van der Waals surface area contributed by atoms with E-state index in [-0.39, 0.29) is 5.82 Å². The van der Waals surface area contributed by atoms with E-state index >= 15 is 0 Å². The molecular formula is C13H13BrFN3. The number of rotatable bonds is 3. The summed E-state index contributed by atoms with van der Waals surface area (Å²) in [6.07, 6.45) is 1.66. The highest BCUT2D eigenvalue weighted by Gasteiger charge is 2.17. The summed E-state index contributed by atoms with van der Waals surface area (Å²) in [7, 11) is 0. The van der Waals surface area contributed by atoms with Crippen LogP contribution in [0.5, 0.6) is 0 Å². The Morgan fingerprint density at radius 3 is 2.72 bits per heavy atom. The van der Waals surface area contributed by atoms with Gasteiger partial charge in [0, 0.05) is 16.2 Å². The van der Waals surface area contributed by atoms with Crippen LogP contribution in [0.15, 0.2) is 41.0 Å². The van der Waals surface area contributed by atoms with Crippen molar-refractivity contribution in [3.63, 3.8) is 0 Å². The summed E-state index contributed by atoms with van der Waals surface area (Å²) in [6.45, 7) is 1.91. The molecule has 3 N–H and O–H groups in total. The molecule has 1 aromatic heterocycles. The summed E-state index contributed by atoms with van der Waals surface area (Å²) in [4.78, 5) is 4.24. The van der Waals surface area contributed by atoms with Gasteiger partial charge in [0.1, 0.15) is 5.82 Å². The minimum atomic E-state index is -0.460. The first kappa shape index (κ1) is 13.1. The van der Waals surface area contributed by atoms with E-state index in [0.717, 1.165) is 10.0 Å². The van der Waals surface area contributed by atoms with E-state index in [4.69, 9.17) is 5.84 Å². The number of nitrogens with two attached hydrogens (primary N) is 1. The van der Waals surface area contributed by atoms with Gasteiger partial charge >= 0.3 is 0 Å². The van der Waals surface area contributed by atoms with E-state index in [9.17, 15) is 4.39 Å². The number of nitrogens with one attached hydrogen (secondary N) is 1. The lowest BCUT2D eigenvalue weighted by Gasteiger charge is -2.17. The number of pyridine rings is 1. The van der Waals surface area contributed by atoms with Crippen LogP contribution in [0.1, 0.15) is 22.9 Å². The Bertz CT molecular complexity index is 542. The summed E-state index contributed by atoms with van der Waals surface area (Å²) in [6, 6.07) is 8.12. The van der Waals surface area contributed by atoms with E-state index in [0.29, 0.717) is 11.3 Å². The molecule has 94 valence electrons. The first-order valence-corrected chi connectivity index (χ1v) is 6.24. The third-order valence-electron chi connectivity index (χ3n) is 2.68. The van der Waals surface area contributed by atoms with Gasteiger partial charge in [0.05, 0.1) is 11.7 Å². The van der Waals surface area contributed by atoms with Crippen LogP contribution in [-0.4, -0.2) is 4.98 Å². The first-order valence-electron chi connectivity index (χ1n) is 5.45. The van der Waals surface area contributed by atoms with Crippen molar-refractivity contribution in [1.29, 1.82) is 0 Å². The molecule has 2 rings (SSSR count). The van der Waals surface area contributed by atoms with Crippen molar-refractivity contribution in [3.8, 4) is 0 Å². The van der Waals surface area contributed by atoms with Gasteiger partial charge in [0.25, 0.3) is 0 Å². The molecule has 1 heterocycles. The molecule has 0 saturated heterocycles. The van der Waals surface area contributed by atoms with Gasteiger partial charge in [-0.05, 0) is 41.1 Å². The van der Waals surface area contributed by atoms with Crippen molar-refractivity contribution in [1.82, 2.24) is 10.4 Å². The molecule has 18 heavy (non-hydrogen) atoms. The smallest absolute Gasteiger partial charge is 0.128 e. The van der Waals surface area contributed by atoms with E-state index < -0.39 is 6.04 Å². The zero-order chi connectivity index (χ0) is 13.1. The summed E-state index contributed by atoms with van der Waals surface area (Å²) < 4.78 is 14.7. The largest absolute Gasteiger partial charge is 0.271 e. The number of nitrogens with zero attached hydrogens (tertiary/aromatic N) is 1. The van der Waals surface area contributed by atoms with E-state index in [1.54, 1.807) is 24.4 Å². The molecule has 1 aromatic carbocycles. The standard InChI is InChI=1S/C13H13BrFN3/c1-8-2-4-11(15)10(6-8)13(18-16)12-5-3-9(14)7-17-12/h2-7,13,18H,16H2,1H3. The fourth-order valence-electron chi connectivity index (χ4n) is 1.78. The van der Waals surface area contributed by atoms with Crippen LogP contribution in [-0.2, 0) is 0 Å². The lowest BCUT2D eigenvalue weighted by molar-refractivity contribution is 0.552. The van der Waals surface area contributed by atoms with Gasteiger partial charge in [-0.2, -0.15) is 0 Å². The maximum atomic E-state index is 13.8. The van der Waals surface area contributed by atoms with Crippen molar-refractivity contribution in [2.75, 3.05) is 0 Å². The van der Waals surface area contributed by atoms with Crippen molar-refractivity contribution in [3.05, 3.63) is 63.6 Å². The Kier molecular flexibility index (Phi) is 4.06. The molecule has 0 amide bonds. The lowest BCUT2D eigenvalue weighted by Crippen LogP contribution is -2.30. The first-order chi connectivity index (χ1) is 8.61. The number of hydrogen-bond acceptors (Lipinski definition) is 3. The molecule has 5 heteroatoms. The second-order valence-electron chi connectivity index (χ2n) is 4.03. The summed E-state index contributed by atoms with van der Waals surface area (Å²) in [5, 5.41) is 0. The number of hydrogen-bond donors (Lipinski definition) is 2. The molecule has 1 atom stereocenters. The van der Waals surface area contributed by atoms with Crippen LogP contribution in [0.3, 0.4) is 0 Å². The highest BCUT2D eigenvalue weighted by atomic mass is 79.9. The monoisotopic (exact) mass is 309 g/mol. The second-order valence-corrected chi connectivity index (χ2v) is 4.94. The minimum absolute atomic E-state index is 0.298. The SMILES string of the molecule is Cc1ccc(F)c(C(NN)c2ccc(Br)cn2)c1. The molecular weight excluding hydrogens is 297 g/mol. The van der Waals surface area contributed by atoms with Crippen molar-refractivity contribution in [2.45, 2.75) is 13.0 Å². The van der Waals surface area contributed by atoms with Crippen LogP contribution < -0.4 is 11.3 Å². The second kappa shape index (κ2) is 5.56. The van der Waals surface area contributed by atoms with Crippen molar-refractivity contribution < 1.29 is 4.39 Å². The average Bonchev–Trinajstić information content (AvgIpc) is 2.37. The normalized spacial score (nSPS) is 12.4. The Labute approximate surface area is 113 Å². The molecule has 2 aromatic rings. The van der Waals surface area contributed by atoms with Gasteiger partial charge in [-0.3, -0.25) is 10.8 Å². The number of halogens is 2. The molecule has 0 fully saturated rings. The molecule has 0 aliphatic heterocycles. The fourth-order valence-corrected chi connectivity index (χ4v) is 2.01. The molecule has 0 spiro atoms. The van der Waals surface area contributed by atoms with E-state index in [1.807, 2.05) is 13.0 Å². The Balaban J connectivity index is 2.44. The molecule has 1 unspecified atom stereocenters. The van der Waals surface area contributed by atoms with Crippen LogP contribution in [0.25, 0.3) is 0 Å². The van der Waals surface area contributed by atoms with Gasteiger partial charge in [-0.25, -0.2) is 9.82 Å². The summed E-state index contributed by atoms with van der Waals surface area (Å²) in [5.74, 6) is 5.23. The highest BCUT2D eigenvalue weighted by molar-refractivity contribution is 9.10. The topological polar surface area (TPSA) is 50.9 Å². The fraction of sp³-hybridized carbons (Fsp3) is 0.154. The van der Waals surface area contributed by atoms with Crippen LogP contribution >= 0.6 is 15.9 Å². The molecule has 3 nitrogen and oxygen atoms in total. The van der Waals surface area contributed by atoms with E-state index in [1.165, 1.54) is 6.07 Å². The van der Waals surface area contributed by atoms with Crippen LogP contribution in [0.2, 0.25) is 0 Å². The zero-order valence-corrected chi connectivity index (χ0v) is 11.4. The third-order valence-corrected chi connectivity index (χ3v) is 3.14. The van der Waals surface area contributed by atoms with Crippen molar-refractivity contribution in [2.24, 2.45) is 5.84 Å². The average molecular weight is 310 g/mol. The highest BCUT2D eigenvalue weighted by Crippen LogP contribution is 2.24. The predicted octanol–water partition coefficient (Wildman–Crippen LogP) is 2.84. The third kappa shape index (κ3) is 2.75. The van der Waals surface area contributed by atoms with Gasteiger partial charge in [0.2, 0.25) is 0 Å². The van der Waals surface area contributed by atoms with Crippen LogP contribution in [0.4, 0.5) is 4.39 Å². The van der Waals surface area contributed by atoms with E-state index in [2.05, 4.69) is 26.3 Å². The molecule has 0 saturated carbocycles. The molecule has 0 bridgehead atoms. The molecule has 0 radical (unpaired) electrons. The Hall–Kier alpha value is -1.30. The number of aryl methyl sites for hydroxylation is 1. The van der Waals surface area contributed by atoms with Crippen molar-refractivity contribution >= 4 is 15.9 Å². The maximum Gasteiger partial charge on any atom is 0.128 e. The number of benzene rings is 1. The maximum absolute atomic E-state index is 13.8. The predicted molar refractivity (Wildman–Crippen MR) is 72.2 cm³/mol. The van der Waals surface area contributed by atoms with Gasteiger partial charge in [-0.15, -0.1) is 0 Å². The Morgan fingerprint density at radius 1 is 1.33 bits per heavy atom. The van der Waals surface area contributed by atoms with Gasteiger partial charge < -0.3 is 0 Å². The summed E-state index contributed by atoms with van der Waals surface area (Å²) in [5.41, 5.74) is 4.74. The summed E-state index contributed by atoms with van der Waals surface area (Å²) >= 11 is 3.31. The van der Waals surface area contributed by atoms with Crippen LogP contribution in [0, 0.1) is 12.7 Å². The molecule has 0 aliphatic rings. The van der Waals surface area contributed by atoms with Gasteiger partial charge in [0.15, 0.2) is 0 Å². The van der Waals surface area contributed by atoms with Gasteiger partial charge in [-0.1, -0.05) is 17.7 Å². The minimum Gasteiger partial charge on any atom is -0.271 e. The quantitative estimate of drug-likeness (QED) is 0.677. The molecule has 0 aliphatic carbocycles. The Morgan fingerprint density at radius 2 is 2.11 bits per heavy atom. The number of hydrazine groups is 1. The lowest BCUT2D eigenvalue weighted by atomic mass is 10.0. The number of aromatic nitrogens is 1.